The van der Waals surface area contributed by atoms with Gasteiger partial charge in [-0.05, 0) is 19.1 Å². The van der Waals surface area contributed by atoms with Crippen LogP contribution in [0.1, 0.15) is 31.2 Å². The third-order valence-electron chi connectivity index (χ3n) is 3.10. The molecule has 0 spiro atoms. The molecule has 1 aliphatic rings. The summed E-state index contributed by atoms with van der Waals surface area (Å²) in [6.07, 6.45) is 9.45. The molecule has 0 aromatic carbocycles. The predicted molar refractivity (Wildman–Crippen MR) is 70.5 cm³/mol. The van der Waals surface area contributed by atoms with Gasteiger partial charge in [0.15, 0.2) is 5.16 Å². The van der Waals surface area contributed by atoms with Crippen molar-refractivity contribution in [3.63, 3.8) is 0 Å². The quantitative estimate of drug-likeness (QED) is 0.621. The minimum absolute atomic E-state index is 0.140. The van der Waals surface area contributed by atoms with Crippen LogP contribution in [0.4, 0.5) is 5.82 Å². The van der Waals surface area contributed by atoms with E-state index >= 15 is 0 Å². The van der Waals surface area contributed by atoms with Crippen LogP contribution in [-0.2, 0) is 6.42 Å². The van der Waals surface area contributed by atoms with Gasteiger partial charge >= 0.3 is 0 Å². The maximum Gasteiger partial charge on any atom is 0.189 e. The summed E-state index contributed by atoms with van der Waals surface area (Å²) in [7, 11) is 0. The predicted octanol–water partition coefficient (Wildman–Crippen LogP) is 2.09. The Balaban J connectivity index is 2.14. The van der Waals surface area contributed by atoms with Crippen molar-refractivity contribution < 1.29 is 5.11 Å². The van der Waals surface area contributed by atoms with E-state index in [0.717, 1.165) is 16.5 Å². The molecule has 94 valence electrons. The lowest BCUT2D eigenvalue weighted by Crippen LogP contribution is -2.17. The molecule has 0 bridgehead atoms. The Labute approximate surface area is 106 Å². The van der Waals surface area contributed by atoms with E-state index in [-0.39, 0.29) is 6.61 Å². The number of aliphatic hydroxyl groups excluding tert-OH is 1. The summed E-state index contributed by atoms with van der Waals surface area (Å²) in [4.78, 5) is 8.75. The highest BCUT2D eigenvalue weighted by Gasteiger charge is 2.17. The Kier molecular flexibility index (Phi) is 4.62. The SMILES string of the molecule is CSc1ncc(CCO)c(NC2CCCC2)n1. The third-order valence-corrected chi connectivity index (χ3v) is 3.66. The second kappa shape index (κ2) is 6.21. The van der Waals surface area contributed by atoms with Crippen LogP contribution in [-0.4, -0.2) is 34.0 Å². The van der Waals surface area contributed by atoms with E-state index in [4.69, 9.17) is 5.11 Å². The summed E-state index contributed by atoms with van der Waals surface area (Å²) < 4.78 is 0. The maximum atomic E-state index is 9.04. The molecule has 0 saturated heterocycles. The van der Waals surface area contributed by atoms with Gasteiger partial charge in [0.25, 0.3) is 0 Å². The van der Waals surface area contributed by atoms with Gasteiger partial charge in [-0.15, -0.1) is 0 Å². The average Bonchev–Trinajstić information content (AvgIpc) is 2.84. The zero-order chi connectivity index (χ0) is 12.1. The summed E-state index contributed by atoms with van der Waals surface area (Å²) in [5, 5.41) is 13.3. The molecule has 2 rings (SSSR count). The van der Waals surface area contributed by atoms with Crippen LogP contribution in [0.2, 0.25) is 0 Å². The zero-order valence-electron chi connectivity index (χ0n) is 10.1. The van der Waals surface area contributed by atoms with Gasteiger partial charge in [-0.1, -0.05) is 24.6 Å². The third kappa shape index (κ3) is 3.33. The maximum absolute atomic E-state index is 9.04. The van der Waals surface area contributed by atoms with Crippen molar-refractivity contribution in [1.29, 1.82) is 0 Å². The first-order valence-electron chi connectivity index (χ1n) is 6.11. The number of aromatic nitrogens is 2. The fraction of sp³-hybridized carbons (Fsp3) is 0.667. The average molecular weight is 253 g/mol. The van der Waals surface area contributed by atoms with Crippen molar-refractivity contribution in [3.8, 4) is 0 Å². The van der Waals surface area contributed by atoms with Gasteiger partial charge in [0.2, 0.25) is 0 Å². The first kappa shape index (κ1) is 12.6. The van der Waals surface area contributed by atoms with Gasteiger partial charge in [0.1, 0.15) is 5.82 Å². The van der Waals surface area contributed by atoms with Crippen molar-refractivity contribution in [2.45, 2.75) is 43.3 Å². The van der Waals surface area contributed by atoms with E-state index < -0.39 is 0 Å². The van der Waals surface area contributed by atoms with E-state index in [9.17, 15) is 0 Å². The minimum Gasteiger partial charge on any atom is -0.396 e. The molecule has 0 aliphatic heterocycles. The van der Waals surface area contributed by atoms with Crippen LogP contribution in [0.3, 0.4) is 0 Å². The fourth-order valence-electron chi connectivity index (χ4n) is 2.18. The Morgan fingerprint density at radius 3 is 2.88 bits per heavy atom. The van der Waals surface area contributed by atoms with Crippen molar-refractivity contribution in [2.75, 3.05) is 18.2 Å². The molecular formula is C12H19N3OS. The second-order valence-electron chi connectivity index (χ2n) is 4.33. The van der Waals surface area contributed by atoms with E-state index in [0.29, 0.717) is 12.5 Å². The standard InChI is InChI=1S/C12H19N3OS/c1-17-12-13-8-9(6-7-16)11(15-12)14-10-4-2-3-5-10/h8,10,16H,2-7H2,1H3,(H,13,14,15). The lowest BCUT2D eigenvalue weighted by Gasteiger charge is -2.16. The summed E-state index contributed by atoms with van der Waals surface area (Å²) in [5.74, 6) is 0.908. The van der Waals surface area contributed by atoms with Crippen LogP contribution >= 0.6 is 11.8 Å². The van der Waals surface area contributed by atoms with Crippen LogP contribution in [0.5, 0.6) is 0 Å². The molecule has 5 heteroatoms. The highest BCUT2D eigenvalue weighted by Crippen LogP contribution is 2.24. The molecular weight excluding hydrogens is 234 g/mol. The Morgan fingerprint density at radius 2 is 2.24 bits per heavy atom. The van der Waals surface area contributed by atoms with Crippen molar-refractivity contribution in [3.05, 3.63) is 11.8 Å². The molecule has 4 nitrogen and oxygen atoms in total. The van der Waals surface area contributed by atoms with Gasteiger partial charge in [-0.3, -0.25) is 0 Å². The molecule has 17 heavy (non-hydrogen) atoms. The molecule has 0 amide bonds. The molecule has 0 atom stereocenters. The zero-order valence-corrected chi connectivity index (χ0v) is 11.0. The highest BCUT2D eigenvalue weighted by atomic mass is 32.2. The van der Waals surface area contributed by atoms with Crippen LogP contribution < -0.4 is 5.32 Å². The van der Waals surface area contributed by atoms with Gasteiger partial charge in [0, 0.05) is 30.8 Å². The van der Waals surface area contributed by atoms with E-state index in [1.165, 1.54) is 25.7 Å². The monoisotopic (exact) mass is 253 g/mol. The van der Waals surface area contributed by atoms with E-state index in [1.807, 2.05) is 12.5 Å². The number of thioether (sulfide) groups is 1. The number of hydrogen-bond donors (Lipinski definition) is 2. The van der Waals surface area contributed by atoms with E-state index in [2.05, 4.69) is 15.3 Å². The smallest absolute Gasteiger partial charge is 0.189 e. The Bertz CT molecular complexity index is 367. The van der Waals surface area contributed by atoms with Crippen molar-refractivity contribution in [2.24, 2.45) is 0 Å². The van der Waals surface area contributed by atoms with Crippen molar-refractivity contribution >= 4 is 17.6 Å². The van der Waals surface area contributed by atoms with Crippen LogP contribution in [0, 0.1) is 0 Å². The molecule has 1 saturated carbocycles. The van der Waals surface area contributed by atoms with Gasteiger partial charge < -0.3 is 10.4 Å². The van der Waals surface area contributed by atoms with Gasteiger partial charge in [0.05, 0.1) is 0 Å². The molecule has 0 radical (unpaired) electrons. The van der Waals surface area contributed by atoms with Crippen molar-refractivity contribution in [1.82, 2.24) is 9.97 Å². The molecule has 1 fully saturated rings. The lowest BCUT2D eigenvalue weighted by molar-refractivity contribution is 0.299. The number of nitrogens with one attached hydrogen (secondary N) is 1. The molecule has 1 heterocycles. The number of rotatable bonds is 5. The van der Waals surface area contributed by atoms with Gasteiger partial charge in [-0.2, -0.15) is 0 Å². The lowest BCUT2D eigenvalue weighted by atomic mass is 10.2. The van der Waals surface area contributed by atoms with Crippen LogP contribution in [0.25, 0.3) is 0 Å². The molecule has 1 aromatic rings. The number of aliphatic hydroxyl groups is 1. The molecule has 1 aromatic heterocycles. The summed E-state index contributed by atoms with van der Waals surface area (Å²) in [6, 6.07) is 0.539. The largest absolute Gasteiger partial charge is 0.396 e. The second-order valence-corrected chi connectivity index (χ2v) is 5.10. The number of hydrogen-bond acceptors (Lipinski definition) is 5. The Morgan fingerprint density at radius 1 is 1.47 bits per heavy atom. The molecule has 1 aliphatic carbocycles. The minimum atomic E-state index is 0.140. The van der Waals surface area contributed by atoms with E-state index in [1.54, 1.807) is 11.8 Å². The fourth-order valence-corrected chi connectivity index (χ4v) is 2.52. The number of anilines is 1. The normalized spacial score (nSPS) is 16.4. The Hall–Kier alpha value is -0.810. The van der Waals surface area contributed by atoms with Gasteiger partial charge in [-0.25, -0.2) is 9.97 Å². The topological polar surface area (TPSA) is 58.0 Å². The summed E-state index contributed by atoms with van der Waals surface area (Å²) in [6.45, 7) is 0.140. The first-order valence-corrected chi connectivity index (χ1v) is 7.33. The summed E-state index contributed by atoms with van der Waals surface area (Å²) in [5.41, 5.74) is 1.01. The molecule has 2 N–H and O–H groups in total. The number of nitrogens with zero attached hydrogens (tertiary/aromatic N) is 2. The van der Waals surface area contributed by atoms with Crippen LogP contribution in [0.15, 0.2) is 11.4 Å². The first-order chi connectivity index (χ1) is 8.33. The molecule has 0 unspecified atom stereocenters. The summed E-state index contributed by atoms with van der Waals surface area (Å²) >= 11 is 1.54. The highest BCUT2D eigenvalue weighted by molar-refractivity contribution is 7.98.